The summed E-state index contributed by atoms with van der Waals surface area (Å²) in [5.74, 6) is 2.77. The first kappa shape index (κ1) is 15.0. The van der Waals surface area contributed by atoms with Gasteiger partial charge in [-0.3, -0.25) is 9.58 Å². The number of fused-ring (bicyclic) bond motifs is 2. The highest BCUT2D eigenvalue weighted by Crippen LogP contribution is 2.49. The summed E-state index contributed by atoms with van der Waals surface area (Å²) in [6, 6.07) is 2.06. The number of amides is 2. The number of aromatic nitrogens is 2. The second kappa shape index (κ2) is 5.79. The minimum Gasteiger partial charge on any atom is -0.332 e. The van der Waals surface area contributed by atoms with Crippen molar-refractivity contribution in [2.45, 2.75) is 19.6 Å². The van der Waals surface area contributed by atoms with Crippen molar-refractivity contribution in [2.75, 3.05) is 40.3 Å². The Bertz CT molecular complexity index is 587. The van der Waals surface area contributed by atoms with E-state index in [1.54, 1.807) is 19.0 Å². The highest BCUT2D eigenvalue weighted by atomic mass is 16.2. The van der Waals surface area contributed by atoms with Crippen LogP contribution in [0.1, 0.15) is 11.4 Å². The molecule has 0 bridgehead atoms. The number of hydrogen-bond donors (Lipinski definition) is 2. The third kappa shape index (κ3) is 2.95. The largest absolute Gasteiger partial charge is 0.332 e. The van der Waals surface area contributed by atoms with E-state index in [1.165, 1.54) is 25.3 Å². The van der Waals surface area contributed by atoms with E-state index in [9.17, 15) is 4.79 Å². The van der Waals surface area contributed by atoms with Gasteiger partial charge in [-0.25, -0.2) is 4.79 Å². The van der Waals surface area contributed by atoms with Gasteiger partial charge < -0.3 is 15.5 Å². The van der Waals surface area contributed by atoms with Crippen LogP contribution in [0.15, 0.2) is 6.07 Å². The normalized spacial score (nSPS) is 29.0. The monoisotopic (exact) mass is 318 g/mol. The molecule has 2 aliphatic heterocycles. The molecule has 3 atom stereocenters. The summed E-state index contributed by atoms with van der Waals surface area (Å²) >= 11 is 0. The fourth-order valence-corrected chi connectivity index (χ4v) is 4.06. The lowest BCUT2D eigenvalue weighted by atomic mass is 10.2. The highest BCUT2D eigenvalue weighted by Gasteiger charge is 2.52. The third-order valence-corrected chi connectivity index (χ3v) is 5.49. The Hall–Kier alpha value is -1.60. The first-order chi connectivity index (χ1) is 11.1. The van der Waals surface area contributed by atoms with Crippen molar-refractivity contribution in [3.63, 3.8) is 0 Å². The minimum atomic E-state index is -0.0773. The molecule has 0 spiro atoms. The van der Waals surface area contributed by atoms with Gasteiger partial charge >= 0.3 is 6.03 Å². The maximum Gasteiger partial charge on any atom is 0.317 e. The van der Waals surface area contributed by atoms with Gasteiger partial charge in [0.15, 0.2) is 0 Å². The summed E-state index contributed by atoms with van der Waals surface area (Å²) in [6.07, 6.45) is 0. The van der Waals surface area contributed by atoms with Crippen LogP contribution in [-0.4, -0.2) is 65.9 Å². The van der Waals surface area contributed by atoms with Crippen molar-refractivity contribution in [3.05, 3.63) is 17.5 Å². The predicted molar refractivity (Wildman–Crippen MR) is 86.8 cm³/mol. The maximum atomic E-state index is 11.6. The second-order valence-corrected chi connectivity index (χ2v) is 7.29. The predicted octanol–water partition coefficient (Wildman–Crippen LogP) is -0.0647. The average molecular weight is 318 g/mol. The molecule has 1 unspecified atom stereocenters. The summed E-state index contributed by atoms with van der Waals surface area (Å²) in [7, 11) is 3.49. The van der Waals surface area contributed by atoms with Crippen molar-refractivity contribution in [2.24, 2.45) is 17.8 Å². The molecule has 3 heterocycles. The van der Waals surface area contributed by atoms with E-state index in [4.69, 9.17) is 0 Å². The number of piperidine rings is 1. The zero-order chi connectivity index (χ0) is 16.0. The summed E-state index contributed by atoms with van der Waals surface area (Å²) in [4.78, 5) is 15.7. The Morgan fingerprint density at radius 3 is 2.91 bits per heavy atom. The Balaban J connectivity index is 1.31. The van der Waals surface area contributed by atoms with Gasteiger partial charge in [0, 0.05) is 33.7 Å². The van der Waals surface area contributed by atoms with Crippen LogP contribution in [0.25, 0.3) is 0 Å². The number of urea groups is 1. The van der Waals surface area contributed by atoms with Crippen LogP contribution < -0.4 is 10.6 Å². The fourth-order valence-electron chi connectivity index (χ4n) is 4.06. The highest BCUT2D eigenvalue weighted by molar-refractivity contribution is 5.73. The summed E-state index contributed by atoms with van der Waals surface area (Å²) in [5, 5.41) is 11.0. The molecule has 7 nitrogen and oxygen atoms in total. The molecular formula is C16H26N6O. The standard InChI is InChI=1S/C16H26N6O/c1-20(2)16(23)18-6-11-5-12-9-21(3-4-22(12)19-11)10-15-13-7-17-8-14(13)15/h5,13-15,17H,3-4,6-10H2,1-2H3,(H,18,23)/t13-,14+,15?. The van der Waals surface area contributed by atoms with Gasteiger partial charge in [-0.05, 0) is 36.9 Å². The lowest BCUT2D eigenvalue weighted by molar-refractivity contribution is 0.197. The molecule has 23 heavy (non-hydrogen) atoms. The molecule has 4 rings (SSSR count). The Morgan fingerprint density at radius 1 is 1.39 bits per heavy atom. The van der Waals surface area contributed by atoms with E-state index in [2.05, 4.69) is 31.4 Å². The van der Waals surface area contributed by atoms with Gasteiger partial charge in [-0.2, -0.15) is 5.10 Å². The zero-order valence-corrected chi connectivity index (χ0v) is 14.0. The number of nitrogens with one attached hydrogen (secondary N) is 2. The summed E-state index contributed by atoms with van der Waals surface area (Å²) in [5.41, 5.74) is 2.22. The molecule has 1 aliphatic carbocycles. The van der Waals surface area contributed by atoms with E-state index in [0.717, 1.165) is 43.1 Å². The molecule has 0 radical (unpaired) electrons. The molecule has 2 N–H and O–H groups in total. The zero-order valence-electron chi connectivity index (χ0n) is 14.0. The molecule has 1 saturated carbocycles. The van der Waals surface area contributed by atoms with Crippen LogP contribution in [0.5, 0.6) is 0 Å². The topological polar surface area (TPSA) is 65.4 Å². The molecular weight excluding hydrogens is 292 g/mol. The molecule has 1 aromatic rings. The Kier molecular flexibility index (Phi) is 3.77. The number of rotatable bonds is 4. The van der Waals surface area contributed by atoms with Crippen molar-refractivity contribution in [1.29, 1.82) is 0 Å². The van der Waals surface area contributed by atoms with Gasteiger partial charge in [0.05, 0.1) is 24.5 Å². The van der Waals surface area contributed by atoms with Crippen LogP contribution in [0, 0.1) is 17.8 Å². The van der Waals surface area contributed by atoms with Gasteiger partial charge in [0.1, 0.15) is 0 Å². The first-order valence-corrected chi connectivity index (χ1v) is 8.55. The molecule has 0 aromatic carbocycles. The van der Waals surface area contributed by atoms with E-state index in [-0.39, 0.29) is 6.03 Å². The van der Waals surface area contributed by atoms with Crippen LogP contribution >= 0.6 is 0 Å². The smallest absolute Gasteiger partial charge is 0.317 e. The lowest BCUT2D eigenvalue weighted by Gasteiger charge is -2.28. The van der Waals surface area contributed by atoms with Crippen LogP contribution in [0.2, 0.25) is 0 Å². The van der Waals surface area contributed by atoms with Crippen molar-refractivity contribution >= 4 is 6.03 Å². The lowest BCUT2D eigenvalue weighted by Crippen LogP contribution is -2.36. The molecule has 7 heteroatoms. The van der Waals surface area contributed by atoms with Gasteiger partial charge in [-0.1, -0.05) is 0 Å². The second-order valence-electron chi connectivity index (χ2n) is 7.29. The van der Waals surface area contributed by atoms with E-state index >= 15 is 0 Å². The molecule has 3 aliphatic rings. The van der Waals surface area contributed by atoms with Crippen molar-refractivity contribution < 1.29 is 4.79 Å². The van der Waals surface area contributed by atoms with E-state index in [1.807, 2.05) is 0 Å². The molecule has 126 valence electrons. The Labute approximate surface area is 137 Å². The van der Waals surface area contributed by atoms with Gasteiger partial charge in [0.2, 0.25) is 0 Å². The van der Waals surface area contributed by atoms with E-state index in [0.29, 0.717) is 6.54 Å². The number of hydrogen-bond acceptors (Lipinski definition) is 4. The summed E-state index contributed by atoms with van der Waals surface area (Å²) < 4.78 is 2.10. The number of carbonyl (C=O) groups excluding carboxylic acids is 1. The van der Waals surface area contributed by atoms with Crippen molar-refractivity contribution in [1.82, 2.24) is 30.2 Å². The summed E-state index contributed by atoms with van der Waals surface area (Å²) in [6.45, 7) is 7.19. The number of nitrogens with zero attached hydrogens (tertiary/aromatic N) is 4. The Morgan fingerprint density at radius 2 is 2.17 bits per heavy atom. The van der Waals surface area contributed by atoms with Crippen LogP contribution in [0.4, 0.5) is 4.79 Å². The van der Waals surface area contributed by atoms with Gasteiger partial charge in [-0.15, -0.1) is 0 Å². The molecule has 1 saturated heterocycles. The average Bonchev–Trinajstić information content (AvgIpc) is 2.94. The SMILES string of the molecule is CN(C)C(=O)NCc1cc2n(n1)CCN(CC1[C@H]3CNC[C@@H]13)C2. The van der Waals surface area contributed by atoms with Crippen LogP contribution in [0.3, 0.4) is 0 Å². The van der Waals surface area contributed by atoms with Crippen LogP contribution in [-0.2, 0) is 19.6 Å². The minimum absolute atomic E-state index is 0.0773. The first-order valence-electron chi connectivity index (χ1n) is 8.55. The number of carbonyl (C=O) groups is 1. The molecule has 2 amide bonds. The quantitative estimate of drug-likeness (QED) is 0.816. The third-order valence-electron chi connectivity index (χ3n) is 5.49. The van der Waals surface area contributed by atoms with E-state index < -0.39 is 0 Å². The van der Waals surface area contributed by atoms with Crippen molar-refractivity contribution in [3.8, 4) is 0 Å². The molecule has 2 fully saturated rings. The molecule has 1 aromatic heterocycles. The fraction of sp³-hybridized carbons (Fsp3) is 0.750. The van der Waals surface area contributed by atoms with Gasteiger partial charge in [0.25, 0.3) is 0 Å². The maximum absolute atomic E-state index is 11.6.